The van der Waals surface area contributed by atoms with Crippen LogP contribution in [0.3, 0.4) is 0 Å². The number of amides is 2. The lowest BCUT2D eigenvalue weighted by Gasteiger charge is -2.36. The maximum atomic E-state index is 12.5. The number of aromatic nitrogens is 2. The monoisotopic (exact) mass is 336 g/mol. The summed E-state index contributed by atoms with van der Waals surface area (Å²) in [5.74, 6) is 0.722. The predicted molar refractivity (Wildman–Crippen MR) is 84.9 cm³/mol. The van der Waals surface area contributed by atoms with Crippen LogP contribution in [0.25, 0.3) is 0 Å². The van der Waals surface area contributed by atoms with Crippen molar-refractivity contribution in [1.29, 1.82) is 0 Å². The molecule has 2 saturated heterocycles. The van der Waals surface area contributed by atoms with E-state index in [9.17, 15) is 9.59 Å². The number of rotatable bonds is 5. The topological polar surface area (TPSA) is 85.7 Å². The molecule has 0 saturated carbocycles. The van der Waals surface area contributed by atoms with Crippen LogP contribution in [-0.2, 0) is 32.7 Å². The second-order valence-corrected chi connectivity index (χ2v) is 6.48. The SMILES string of the molecule is CNC(=O)[C@]12CCOC[C@H]1CN(C(=O)COCc1nccn1C)C2. The zero-order chi connectivity index (χ0) is 17.2. The first kappa shape index (κ1) is 16.9. The molecular formula is C16H24N4O4. The summed E-state index contributed by atoms with van der Waals surface area (Å²) < 4.78 is 12.9. The van der Waals surface area contributed by atoms with Crippen molar-refractivity contribution in [1.82, 2.24) is 19.8 Å². The summed E-state index contributed by atoms with van der Waals surface area (Å²) in [6, 6.07) is 0. The van der Waals surface area contributed by atoms with E-state index in [1.165, 1.54) is 0 Å². The molecule has 8 nitrogen and oxygen atoms in total. The molecular weight excluding hydrogens is 312 g/mol. The van der Waals surface area contributed by atoms with Gasteiger partial charge in [0.2, 0.25) is 11.8 Å². The highest BCUT2D eigenvalue weighted by Crippen LogP contribution is 2.42. The number of ether oxygens (including phenoxy) is 2. The predicted octanol–water partition coefficient (Wildman–Crippen LogP) is -0.452. The van der Waals surface area contributed by atoms with E-state index in [-0.39, 0.29) is 30.9 Å². The van der Waals surface area contributed by atoms with Crippen molar-refractivity contribution in [3.05, 3.63) is 18.2 Å². The summed E-state index contributed by atoms with van der Waals surface area (Å²) in [6.07, 6.45) is 4.17. The molecule has 0 unspecified atom stereocenters. The molecule has 8 heteroatoms. The van der Waals surface area contributed by atoms with E-state index >= 15 is 0 Å². The molecule has 2 atom stereocenters. The van der Waals surface area contributed by atoms with Gasteiger partial charge in [0.25, 0.3) is 0 Å². The van der Waals surface area contributed by atoms with E-state index in [0.717, 1.165) is 5.82 Å². The average molecular weight is 336 g/mol. The van der Waals surface area contributed by atoms with Gasteiger partial charge in [0.15, 0.2) is 0 Å². The molecule has 2 aliphatic heterocycles. The fraction of sp³-hybridized carbons (Fsp3) is 0.688. The van der Waals surface area contributed by atoms with E-state index in [0.29, 0.717) is 32.7 Å². The van der Waals surface area contributed by atoms with Crippen LogP contribution in [0.2, 0.25) is 0 Å². The van der Waals surface area contributed by atoms with Gasteiger partial charge in [-0.1, -0.05) is 0 Å². The van der Waals surface area contributed by atoms with Crippen molar-refractivity contribution < 1.29 is 19.1 Å². The number of nitrogens with zero attached hydrogens (tertiary/aromatic N) is 3. The van der Waals surface area contributed by atoms with Gasteiger partial charge < -0.3 is 24.3 Å². The van der Waals surface area contributed by atoms with Crippen LogP contribution in [0.15, 0.2) is 12.4 Å². The Hall–Kier alpha value is -1.93. The van der Waals surface area contributed by atoms with Gasteiger partial charge in [-0.15, -0.1) is 0 Å². The molecule has 0 spiro atoms. The minimum absolute atomic E-state index is 0.0000266. The molecule has 24 heavy (non-hydrogen) atoms. The summed E-state index contributed by atoms with van der Waals surface area (Å²) in [7, 11) is 3.52. The molecule has 132 valence electrons. The zero-order valence-corrected chi connectivity index (χ0v) is 14.2. The van der Waals surface area contributed by atoms with E-state index < -0.39 is 5.41 Å². The number of likely N-dealkylation sites (tertiary alicyclic amines) is 1. The summed E-state index contributed by atoms with van der Waals surface area (Å²) in [5, 5.41) is 2.75. The highest BCUT2D eigenvalue weighted by Gasteiger charge is 2.54. The number of nitrogens with one attached hydrogen (secondary N) is 1. The van der Waals surface area contributed by atoms with E-state index in [2.05, 4.69) is 10.3 Å². The van der Waals surface area contributed by atoms with Gasteiger partial charge in [0, 0.05) is 52.1 Å². The van der Waals surface area contributed by atoms with Gasteiger partial charge in [-0.25, -0.2) is 4.98 Å². The van der Waals surface area contributed by atoms with Crippen molar-refractivity contribution in [2.24, 2.45) is 18.4 Å². The van der Waals surface area contributed by atoms with Crippen molar-refractivity contribution >= 4 is 11.8 Å². The number of fused-ring (bicyclic) bond motifs is 1. The first-order valence-corrected chi connectivity index (χ1v) is 8.18. The quantitative estimate of drug-likeness (QED) is 0.787. The Morgan fingerprint density at radius 3 is 3.08 bits per heavy atom. The summed E-state index contributed by atoms with van der Waals surface area (Å²) in [5.41, 5.74) is -0.525. The second kappa shape index (κ2) is 6.90. The van der Waals surface area contributed by atoms with Crippen LogP contribution in [-0.4, -0.2) is 66.2 Å². The Kier molecular flexibility index (Phi) is 4.86. The third kappa shape index (κ3) is 3.03. The third-order valence-electron chi connectivity index (χ3n) is 5.12. The molecule has 3 heterocycles. The molecule has 2 amide bonds. The molecule has 1 N–H and O–H groups in total. The summed E-state index contributed by atoms with van der Waals surface area (Å²) >= 11 is 0. The molecule has 1 aromatic heterocycles. The van der Waals surface area contributed by atoms with Crippen LogP contribution in [0, 0.1) is 11.3 Å². The number of carbonyl (C=O) groups excluding carboxylic acids is 2. The van der Waals surface area contributed by atoms with Crippen molar-refractivity contribution in [3.8, 4) is 0 Å². The zero-order valence-electron chi connectivity index (χ0n) is 14.2. The minimum Gasteiger partial charge on any atom is -0.381 e. The normalized spacial score (nSPS) is 26.2. The molecule has 2 fully saturated rings. The number of hydrogen-bond donors (Lipinski definition) is 1. The van der Waals surface area contributed by atoms with Gasteiger partial charge in [-0.05, 0) is 6.42 Å². The van der Waals surface area contributed by atoms with E-state index in [1.807, 2.05) is 17.8 Å². The fourth-order valence-corrected chi connectivity index (χ4v) is 3.62. The van der Waals surface area contributed by atoms with E-state index in [4.69, 9.17) is 9.47 Å². The van der Waals surface area contributed by atoms with Gasteiger partial charge in [0.05, 0.1) is 12.0 Å². The molecule has 0 radical (unpaired) electrons. The van der Waals surface area contributed by atoms with Crippen LogP contribution in [0.5, 0.6) is 0 Å². The molecule has 1 aromatic rings. The summed E-state index contributed by atoms with van der Waals surface area (Å²) in [4.78, 5) is 30.7. The number of aryl methyl sites for hydroxylation is 1. The largest absolute Gasteiger partial charge is 0.381 e. The first-order valence-electron chi connectivity index (χ1n) is 8.18. The number of hydrogen-bond acceptors (Lipinski definition) is 5. The highest BCUT2D eigenvalue weighted by molar-refractivity contribution is 5.86. The number of imidazole rings is 1. The molecule has 2 aliphatic rings. The average Bonchev–Trinajstić information content (AvgIpc) is 3.18. The van der Waals surface area contributed by atoms with Crippen LogP contribution in [0.4, 0.5) is 0 Å². The lowest BCUT2D eigenvalue weighted by atomic mass is 9.73. The summed E-state index contributed by atoms with van der Waals surface area (Å²) in [6.45, 7) is 2.33. The maximum Gasteiger partial charge on any atom is 0.248 e. The van der Waals surface area contributed by atoms with Gasteiger partial charge >= 0.3 is 0 Å². The van der Waals surface area contributed by atoms with Gasteiger partial charge in [0.1, 0.15) is 19.0 Å². The first-order chi connectivity index (χ1) is 11.6. The molecule has 0 aromatic carbocycles. The second-order valence-electron chi connectivity index (χ2n) is 6.48. The van der Waals surface area contributed by atoms with Crippen LogP contribution < -0.4 is 5.32 Å². The van der Waals surface area contributed by atoms with Crippen molar-refractivity contribution in [2.45, 2.75) is 13.0 Å². The lowest BCUT2D eigenvalue weighted by molar-refractivity contribution is -0.140. The third-order valence-corrected chi connectivity index (χ3v) is 5.12. The Morgan fingerprint density at radius 1 is 1.54 bits per heavy atom. The molecule has 0 bridgehead atoms. The Bertz CT molecular complexity index is 617. The fourth-order valence-electron chi connectivity index (χ4n) is 3.62. The minimum atomic E-state index is -0.525. The van der Waals surface area contributed by atoms with Crippen molar-refractivity contribution in [2.75, 3.05) is 40.0 Å². The smallest absolute Gasteiger partial charge is 0.248 e. The number of carbonyl (C=O) groups is 2. The Labute approximate surface area is 141 Å². The van der Waals surface area contributed by atoms with Crippen molar-refractivity contribution in [3.63, 3.8) is 0 Å². The molecule has 3 rings (SSSR count). The Morgan fingerprint density at radius 2 is 2.38 bits per heavy atom. The van der Waals surface area contributed by atoms with E-state index in [1.54, 1.807) is 18.1 Å². The Balaban J connectivity index is 1.58. The lowest BCUT2D eigenvalue weighted by Crippen LogP contribution is -2.49. The van der Waals surface area contributed by atoms with Gasteiger partial charge in [-0.3, -0.25) is 9.59 Å². The maximum absolute atomic E-state index is 12.5. The highest BCUT2D eigenvalue weighted by atomic mass is 16.5. The van der Waals surface area contributed by atoms with Gasteiger partial charge in [-0.2, -0.15) is 0 Å². The van der Waals surface area contributed by atoms with Crippen LogP contribution >= 0.6 is 0 Å². The standard InChI is InChI=1S/C16H24N4O4/c1-17-15(22)16-3-6-23-8-12(16)7-20(11-16)14(21)10-24-9-13-18-4-5-19(13)2/h4-5,12H,3,6-11H2,1-2H3,(H,17,22)/t12-,16+/m1/s1. The molecule has 0 aliphatic carbocycles. The van der Waals surface area contributed by atoms with Crippen LogP contribution in [0.1, 0.15) is 12.2 Å².